The van der Waals surface area contributed by atoms with Crippen molar-refractivity contribution in [2.24, 2.45) is 0 Å². The summed E-state index contributed by atoms with van der Waals surface area (Å²) in [6.07, 6.45) is 1.75. The predicted molar refractivity (Wildman–Crippen MR) is 110 cm³/mol. The van der Waals surface area contributed by atoms with E-state index >= 15 is 0 Å². The molecule has 0 N–H and O–H groups in total. The summed E-state index contributed by atoms with van der Waals surface area (Å²) in [5.74, 6) is -0.324. The van der Waals surface area contributed by atoms with Gasteiger partial charge >= 0.3 is 0 Å². The summed E-state index contributed by atoms with van der Waals surface area (Å²) in [5, 5.41) is 0.167. The molecule has 1 aliphatic heterocycles. The minimum absolute atomic E-state index is 0.316. The van der Waals surface area contributed by atoms with Crippen LogP contribution in [0.2, 0.25) is 5.02 Å². The fraction of sp³-hybridized carbons (Fsp3) is 0.200. The number of benzene rings is 2. The highest BCUT2D eigenvalue weighted by Gasteiger charge is 2.36. The molecule has 0 unspecified atom stereocenters. The van der Waals surface area contributed by atoms with Crippen LogP contribution in [0.15, 0.2) is 53.4 Å². The van der Waals surface area contributed by atoms with Gasteiger partial charge in [-0.3, -0.25) is 9.59 Å². The summed E-state index contributed by atoms with van der Waals surface area (Å²) in [4.78, 5) is 28.8. The minimum atomic E-state index is -0.324. The molecule has 0 bridgehead atoms. The van der Waals surface area contributed by atoms with Crippen molar-refractivity contribution in [3.8, 4) is 0 Å². The molecule has 0 saturated carbocycles. The number of imide groups is 1. The Morgan fingerprint density at radius 2 is 1.77 bits per heavy atom. The monoisotopic (exact) mass is 386 g/mol. The first-order valence-corrected chi connectivity index (χ1v) is 9.61. The molecule has 0 aliphatic carbocycles. The van der Waals surface area contributed by atoms with Crippen LogP contribution in [0.4, 0.5) is 16.2 Å². The van der Waals surface area contributed by atoms with Crippen molar-refractivity contribution in [2.45, 2.75) is 13.8 Å². The maximum absolute atomic E-state index is 12.7. The number of carbonyl (C=O) groups is 2. The molecule has 0 radical (unpaired) electrons. The summed E-state index contributed by atoms with van der Waals surface area (Å²) < 4.78 is 0. The molecule has 26 heavy (non-hydrogen) atoms. The molecule has 1 aliphatic rings. The summed E-state index contributed by atoms with van der Waals surface area (Å²) in [7, 11) is 0. The second-order valence-electron chi connectivity index (χ2n) is 5.76. The largest absolute Gasteiger partial charge is 0.372 e. The smallest absolute Gasteiger partial charge is 0.298 e. The molecule has 0 aromatic heterocycles. The van der Waals surface area contributed by atoms with E-state index in [0.717, 1.165) is 41.0 Å². The van der Waals surface area contributed by atoms with Crippen LogP contribution in [0, 0.1) is 0 Å². The number of thioether (sulfide) groups is 1. The standard InChI is InChI=1S/C20H19ClN2O2S/c1-3-22(4-2)16-10-8-14(9-11-16)12-18-19(24)23(20(25)26-18)17-7-5-6-15(21)13-17/h5-13H,3-4H2,1-2H3. The van der Waals surface area contributed by atoms with Crippen molar-refractivity contribution >= 4 is 52.0 Å². The molecule has 1 heterocycles. The van der Waals surface area contributed by atoms with Crippen LogP contribution >= 0.6 is 23.4 Å². The van der Waals surface area contributed by atoms with E-state index in [1.54, 1.807) is 30.3 Å². The Labute approximate surface area is 162 Å². The molecule has 2 aromatic carbocycles. The zero-order valence-corrected chi connectivity index (χ0v) is 16.2. The molecule has 0 spiro atoms. The molecular weight excluding hydrogens is 368 g/mol. The van der Waals surface area contributed by atoms with E-state index in [4.69, 9.17) is 11.6 Å². The number of anilines is 2. The van der Waals surface area contributed by atoms with Crippen molar-refractivity contribution < 1.29 is 9.59 Å². The highest BCUT2D eigenvalue weighted by Crippen LogP contribution is 2.36. The number of hydrogen-bond donors (Lipinski definition) is 0. The Hall–Kier alpha value is -2.24. The van der Waals surface area contributed by atoms with E-state index in [-0.39, 0.29) is 11.1 Å². The van der Waals surface area contributed by atoms with Crippen molar-refractivity contribution in [3.05, 3.63) is 64.0 Å². The molecule has 3 rings (SSSR count). The normalized spacial score (nSPS) is 15.8. The molecule has 0 atom stereocenters. The van der Waals surface area contributed by atoms with Crippen LogP contribution in [0.25, 0.3) is 6.08 Å². The van der Waals surface area contributed by atoms with Crippen LogP contribution in [-0.2, 0) is 4.79 Å². The number of amides is 2. The summed E-state index contributed by atoms with van der Waals surface area (Å²) >= 11 is 6.92. The number of hydrogen-bond acceptors (Lipinski definition) is 4. The number of nitrogens with zero attached hydrogens (tertiary/aromatic N) is 2. The maximum atomic E-state index is 12.7. The summed E-state index contributed by atoms with van der Waals surface area (Å²) in [6, 6.07) is 14.7. The maximum Gasteiger partial charge on any atom is 0.298 e. The molecule has 4 nitrogen and oxygen atoms in total. The van der Waals surface area contributed by atoms with Gasteiger partial charge in [-0.15, -0.1) is 0 Å². The highest BCUT2D eigenvalue weighted by atomic mass is 35.5. The van der Waals surface area contributed by atoms with Crippen LogP contribution in [0.3, 0.4) is 0 Å². The van der Waals surface area contributed by atoms with Gasteiger partial charge in [-0.25, -0.2) is 4.90 Å². The number of rotatable bonds is 5. The van der Waals surface area contributed by atoms with Crippen molar-refractivity contribution in [2.75, 3.05) is 22.9 Å². The quantitative estimate of drug-likeness (QED) is 0.642. The predicted octanol–water partition coefficient (Wildman–Crippen LogP) is 5.43. The van der Waals surface area contributed by atoms with E-state index in [1.165, 1.54) is 0 Å². The van der Waals surface area contributed by atoms with Gasteiger partial charge in [0.1, 0.15) is 0 Å². The van der Waals surface area contributed by atoms with Gasteiger partial charge < -0.3 is 4.90 Å². The van der Waals surface area contributed by atoms with Gasteiger partial charge in [0.05, 0.1) is 10.6 Å². The molecule has 2 amide bonds. The van der Waals surface area contributed by atoms with Gasteiger partial charge in [-0.2, -0.15) is 0 Å². The van der Waals surface area contributed by atoms with Crippen LogP contribution < -0.4 is 9.80 Å². The minimum Gasteiger partial charge on any atom is -0.372 e. The SMILES string of the molecule is CCN(CC)c1ccc(C=C2SC(=O)N(c3cccc(Cl)c3)C2=O)cc1. The van der Waals surface area contributed by atoms with E-state index < -0.39 is 0 Å². The lowest BCUT2D eigenvalue weighted by Gasteiger charge is -2.20. The van der Waals surface area contributed by atoms with Gasteiger partial charge in [0.25, 0.3) is 11.1 Å². The third kappa shape index (κ3) is 3.79. The van der Waals surface area contributed by atoms with Gasteiger partial charge in [0, 0.05) is 23.8 Å². The average Bonchev–Trinajstić information content (AvgIpc) is 2.91. The lowest BCUT2D eigenvalue weighted by Crippen LogP contribution is -2.27. The first-order valence-electron chi connectivity index (χ1n) is 8.42. The van der Waals surface area contributed by atoms with Crippen LogP contribution in [0.5, 0.6) is 0 Å². The van der Waals surface area contributed by atoms with E-state index in [2.05, 4.69) is 18.7 Å². The van der Waals surface area contributed by atoms with Crippen molar-refractivity contribution in [3.63, 3.8) is 0 Å². The summed E-state index contributed by atoms with van der Waals surface area (Å²) in [5.41, 5.74) is 2.51. The Kier molecular flexibility index (Phi) is 5.69. The van der Waals surface area contributed by atoms with E-state index in [0.29, 0.717) is 15.6 Å². The Balaban J connectivity index is 1.84. The van der Waals surface area contributed by atoms with Gasteiger partial charge in [-0.1, -0.05) is 29.8 Å². The first-order chi connectivity index (χ1) is 12.5. The first kappa shape index (κ1) is 18.5. The van der Waals surface area contributed by atoms with Gasteiger partial charge in [0.2, 0.25) is 0 Å². The second-order valence-corrected chi connectivity index (χ2v) is 7.19. The third-order valence-corrected chi connectivity index (χ3v) is 5.28. The van der Waals surface area contributed by atoms with Gasteiger partial charge in [-0.05, 0) is 67.6 Å². The Bertz CT molecular complexity index is 860. The lowest BCUT2D eigenvalue weighted by molar-refractivity contribution is -0.113. The Morgan fingerprint density at radius 3 is 2.38 bits per heavy atom. The van der Waals surface area contributed by atoms with E-state index in [9.17, 15) is 9.59 Å². The average molecular weight is 387 g/mol. The highest BCUT2D eigenvalue weighted by molar-refractivity contribution is 8.19. The molecule has 2 aromatic rings. The topological polar surface area (TPSA) is 40.6 Å². The molecule has 1 saturated heterocycles. The molecule has 1 fully saturated rings. The van der Waals surface area contributed by atoms with Gasteiger partial charge in [0.15, 0.2) is 0 Å². The zero-order chi connectivity index (χ0) is 18.7. The Morgan fingerprint density at radius 1 is 1.08 bits per heavy atom. The number of halogens is 1. The van der Waals surface area contributed by atoms with Crippen LogP contribution in [-0.4, -0.2) is 24.2 Å². The third-order valence-electron chi connectivity index (χ3n) is 4.18. The summed E-state index contributed by atoms with van der Waals surface area (Å²) in [6.45, 7) is 6.11. The van der Waals surface area contributed by atoms with Crippen molar-refractivity contribution in [1.29, 1.82) is 0 Å². The second kappa shape index (κ2) is 7.98. The van der Waals surface area contributed by atoms with Crippen LogP contribution in [0.1, 0.15) is 19.4 Å². The van der Waals surface area contributed by atoms with Crippen molar-refractivity contribution in [1.82, 2.24) is 0 Å². The zero-order valence-electron chi connectivity index (χ0n) is 14.6. The van der Waals surface area contributed by atoms with E-state index in [1.807, 2.05) is 24.3 Å². The molecule has 6 heteroatoms. The lowest BCUT2D eigenvalue weighted by atomic mass is 10.1. The fourth-order valence-electron chi connectivity index (χ4n) is 2.83. The fourth-order valence-corrected chi connectivity index (χ4v) is 3.85. The molecule has 134 valence electrons. The number of carbonyl (C=O) groups excluding carboxylic acids is 2. The molecular formula is C20H19ClN2O2S.